The van der Waals surface area contributed by atoms with Gasteiger partial charge in [-0.05, 0) is 30.7 Å². The summed E-state index contributed by atoms with van der Waals surface area (Å²) in [6.07, 6.45) is 4.05. The molecule has 1 saturated heterocycles. The van der Waals surface area contributed by atoms with Crippen LogP contribution in [-0.4, -0.2) is 92.8 Å². The Balaban J connectivity index is 1.27. The Morgan fingerprint density at radius 3 is 2.59 bits per heavy atom. The number of carbonyl (C=O) groups excluding carboxylic acids is 1. The standard InChI is InChI=1S/C31H36F2N8O3/c1-20-29(21-12-22-14-38(8-10-42)17-26(22)34-13-21)37-41(23-6-4-3-5-7-23)30(20)36-31(43)35-27-18-39(9-11-44-2)19-28(27)40-15-24(32)25(33)16-40/h3-7,12-13,15-16,27-28,42H,8-11,14,17-19H2,1-2H3,(H2,35,36,43)/t27-,28-/m1/s1. The van der Waals surface area contributed by atoms with E-state index in [9.17, 15) is 18.7 Å². The van der Waals surface area contributed by atoms with E-state index in [0.29, 0.717) is 57.4 Å². The zero-order valence-electron chi connectivity index (χ0n) is 24.7. The van der Waals surface area contributed by atoms with Crippen molar-refractivity contribution in [1.29, 1.82) is 0 Å². The number of halogens is 2. The summed E-state index contributed by atoms with van der Waals surface area (Å²) in [5.41, 5.74) is 5.10. The maximum absolute atomic E-state index is 13.9. The minimum absolute atomic E-state index is 0.0878. The quantitative estimate of drug-likeness (QED) is 0.254. The number of hydrogen-bond acceptors (Lipinski definition) is 7. The third kappa shape index (κ3) is 6.09. The van der Waals surface area contributed by atoms with Crippen LogP contribution >= 0.6 is 0 Å². The van der Waals surface area contributed by atoms with E-state index in [1.165, 1.54) is 4.57 Å². The number of nitrogens with zero attached hydrogens (tertiary/aromatic N) is 6. The molecule has 0 bridgehead atoms. The van der Waals surface area contributed by atoms with Crippen LogP contribution in [0.1, 0.15) is 22.9 Å². The number of aromatic nitrogens is 4. The van der Waals surface area contributed by atoms with Gasteiger partial charge in [-0.3, -0.25) is 20.1 Å². The van der Waals surface area contributed by atoms with E-state index < -0.39 is 23.7 Å². The summed E-state index contributed by atoms with van der Waals surface area (Å²) in [6.45, 7) is 6.05. The van der Waals surface area contributed by atoms with Crippen LogP contribution in [0.15, 0.2) is 55.0 Å². The molecule has 1 fully saturated rings. The zero-order valence-corrected chi connectivity index (χ0v) is 24.7. The van der Waals surface area contributed by atoms with Crippen LogP contribution in [0.5, 0.6) is 0 Å². The molecule has 2 atom stereocenters. The van der Waals surface area contributed by atoms with Crippen LogP contribution in [-0.2, 0) is 17.8 Å². The van der Waals surface area contributed by atoms with Gasteiger partial charge in [-0.25, -0.2) is 18.3 Å². The summed E-state index contributed by atoms with van der Waals surface area (Å²) in [5.74, 6) is -1.36. The number of rotatable bonds is 10. The van der Waals surface area contributed by atoms with E-state index in [-0.39, 0.29) is 12.6 Å². The van der Waals surface area contributed by atoms with Crippen molar-refractivity contribution in [2.45, 2.75) is 32.1 Å². The van der Waals surface area contributed by atoms with Crippen molar-refractivity contribution >= 4 is 11.8 Å². The number of likely N-dealkylation sites (tertiary alicyclic amines) is 1. The Morgan fingerprint density at radius 2 is 1.86 bits per heavy atom. The molecule has 0 unspecified atom stereocenters. The molecule has 2 amide bonds. The number of urea groups is 1. The number of methoxy groups -OCH3 is 1. The average molecular weight is 607 g/mol. The van der Waals surface area contributed by atoms with Crippen molar-refractivity contribution in [2.24, 2.45) is 0 Å². The number of anilines is 1. The van der Waals surface area contributed by atoms with Gasteiger partial charge >= 0.3 is 6.03 Å². The predicted octanol–water partition coefficient (Wildman–Crippen LogP) is 3.32. The number of nitrogens with one attached hydrogen (secondary N) is 2. The lowest BCUT2D eigenvalue weighted by Crippen LogP contribution is -2.43. The van der Waals surface area contributed by atoms with E-state index in [4.69, 9.17) is 9.84 Å². The molecular formula is C31H36F2N8O3. The maximum Gasteiger partial charge on any atom is 0.320 e. The minimum atomic E-state index is -0.930. The molecular weight excluding hydrogens is 570 g/mol. The van der Waals surface area contributed by atoms with Gasteiger partial charge < -0.3 is 19.7 Å². The summed E-state index contributed by atoms with van der Waals surface area (Å²) in [7, 11) is 1.62. The van der Waals surface area contributed by atoms with E-state index in [1.54, 1.807) is 18.0 Å². The highest BCUT2D eigenvalue weighted by molar-refractivity contribution is 5.91. The highest BCUT2D eigenvalue weighted by Gasteiger charge is 2.36. The number of aliphatic hydroxyl groups excluding tert-OH is 1. The minimum Gasteiger partial charge on any atom is -0.395 e. The summed E-state index contributed by atoms with van der Waals surface area (Å²) in [4.78, 5) is 22.5. The van der Waals surface area contributed by atoms with Crippen molar-refractivity contribution in [3.05, 3.63) is 83.4 Å². The smallest absolute Gasteiger partial charge is 0.320 e. The highest BCUT2D eigenvalue weighted by atomic mass is 19.2. The maximum atomic E-state index is 13.9. The molecule has 4 aromatic rings. The molecule has 232 valence electrons. The van der Waals surface area contributed by atoms with E-state index >= 15 is 0 Å². The Bertz CT molecular complexity index is 1610. The molecule has 1 aromatic carbocycles. The number of fused-ring (bicyclic) bond motifs is 1. The Labute approximate surface area is 254 Å². The third-order valence-corrected chi connectivity index (χ3v) is 8.30. The third-order valence-electron chi connectivity index (χ3n) is 8.30. The van der Waals surface area contributed by atoms with Gasteiger partial charge in [0.25, 0.3) is 0 Å². The SMILES string of the molecule is COCCN1C[C@@H](n2cc(F)c(F)c2)[C@H](NC(=O)Nc2c(C)c(-c3cnc4c(c3)CN(CCO)C4)nn2-c2ccccc2)C1. The largest absolute Gasteiger partial charge is 0.395 e. The Hall–Kier alpha value is -4.17. The lowest BCUT2D eigenvalue weighted by molar-refractivity contribution is 0.158. The molecule has 11 nitrogen and oxygen atoms in total. The lowest BCUT2D eigenvalue weighted by Gasteiger charge is -2.22. The molecule has 5 heterocycles. The van der Waals surface area contributed by atoms with E-state index in [2.05, 4.69) is 31.5 Å². The monoisotopic (exact) mass is 606 g/mol. The van der Waals surface area contributed by atoms with Gasteiger partial charge in [0.15, 0.2) is 11.6 Å². The fourth-order valence-electron chi connectivity index (χ4n) is 6.07. The van der Waals surface area contributed by atoms with Gasteiger partial charge in [-0.1, -0.05) is 18.2 Å². The first kappa shape index (κ1) is 29.9. The highest BCUT2D eigenvalue weighted by Crippen LogP contribution is 2.33. The molecule has 0 radical (unpaired) electrons. The number of ether oxygens (including phenoxy) is 1. The molecule has 2 aliphatic heterocycles. The second-order valence-corrected chi connectivity index (χ2v) is 11.3. The topological polar surface area (TPSA) is 113 Å². The van der Waals surface area contributed by atoms with Crippen molar-refractivity contribution in [3.63, 3.8) is 0 Å². The van der Waals surface area contributed by atoms with Gasteiger partial charge in [0, 0.05) is 76.1 Å². The van der Waals surface area contributed by atoms with E-state index in [1.807, 2.05) is 37.3 Å². The van der Waals surface area contributed by atoms with Crippen molar-refractivity contribution in [3.8, 4) is 16.9 Å². The van der Waals surface area contributed by atoms with Crippen molar-refractivity contribution in [1.82, 2.24) is 34.4 Å². The second kappa shape index (κ2) is 12.8. The molecule has 0 aliphatic carbocycles. The van der Waals surface area contributed by atoms with Crippen LogP contribution in [0.2, 0.25) is 0 Å². The summed E-state index contributed by atoms with van der Waals surface area (Å²) in [6, 6.07) is 10.3. The van der Waals surface area contributed by atoms with Gasteiger partial charge in [0.1, 0.15) is 5.82 Å². The number of pyridine rings is 1. The van der Waals surface area contributed by atoms with Crippen LogP contribution in [0.3, 0.4) is 0 Å². The van der Waals surface area contributed by atoms with Crippen molar-refractivity contribution < 1.29 is 23.4 Å². The fourth-order valence-corrected chi connectivity index (χ4v) is 6.07. The molecule has 0 saturated carbocycles. The summed E-state index contributed by atoms with van der Waals surface area (Å²) < 4.78 is 36.3. The Kier molecular flexibility index (Phi) is 8.71. The lowest BCUT2D eigenvalue weighted by atomic mass is 10.1. The van der Waals surface area contributed by atoms with Crippen molar-refractivity contribution in [2.75, 3.05) is 51.8 Å². The number of hydrogen-bond donors (Lipinski definition) is 3. The Morgan fingerprint density at radius 1 is 1.09 bits per heavy atom. The summed E-state index contributed by atoms with van der Waals surface area (Å²) >= 11 is 0. The number of aliphatic hydroxyl groups is 1. The number of para-hydroxylation sites is 1. The molecule has 0 spiro atoms. The summed E-state index contributed by atoms with van der Waals surface area (Å²) in [5, 5.41) is 20.3. The number of benzene rings is 1. The predicted molar refractivity (Wildman–Crippen MR) is 160 cm³/mol. The molecule has 3 N–H and O–H groups in total. The number of amides is 2. The zero-order chi connectivity index (χ0) is 30.8. The normalized spacial score (nSPS) is 18.6. The molecule has 13 heteroatoms. The van der Waals surface area contributed by atoms with E-state index in [0.717, 1.165) is 40.5 Å². The van der Waals surface area contributed by atoms with Crippen LogP contribution < -0.4 is 10.6 Å². The van der Waals surface area contributed by atoms with Crippen LogP contribution in [0.25, 0.3) is 16.9 Å². The molecule has 3 aromatic heterocycles. The first-order valence-electron chi connectivity index (χ1n) is 14.6. The van der Waals surface area contributed by atoms with Gasteiger partial charge in [-0.15, -0.1) is 0 Å². The van der Waals surface area contributed by atoms with Gasteiger partial charge in [-0.2, -0.15) is 5.10 Å². The van der Waals surface area contributed by atoms with Crippen LogP contribution in [0, 0.1) is 18.6 Å². The molecule has 2 aliphatic rings. The number of carbonyl (C=O) groups is 1. The second-order valence-electron chi connectivity index (χ2n) is 11.3. The molecule has 44 heavy (non-hydrogen) atoms. The average Bonchev–Trinajstić information content (AvgIpc) is 3.77. The first-order valence-corrected chi connectivity index (χ1v) is 14.6. The first-order chi connectivity index (χ1) is 21.3. The van der Waals surface area contributed by atoms with Gasteiger partial charge in [0.05, 0.1) is 42.4 Å². The van der Waals surface area contributed by atoms with Gasteiger partial charge in [0.2, 0.25) is 0 Å². The number of β-amino-alcohol motifs (C(OH)–C–C–N with tert-alkyl or cyclic N) is 1. The fraction of sp³-hybridized carbons (Fsp3) is 0.387. The van der Waals surface area contributed by atoms with Crippen LogP contribution in [0.4, 0.5) is 19.4 Å². The molecule has 6 rings (SSSR count).